The first-order chi connectivity index (χ1) is 9.29. The number of ether oxygens (including phenoxy) is 1. The number of benzene rings is 1. The highest BCUT2D eigenvalue weighted by Gasteiger charge is 2.22. The van der Waals surface area contributed by atoms with E-state index in [4.69, 9.17) is 15.4 Å². The Balaban J connectivity index is 2.32. The van der Waals surface area contributed by atoms with Crippen LogP contribution in [0.3, 0.4) is 0 Å². The molecule has 1 N–H and O–H groups in total. The number of carbonyl (C=O) groups is 1. The second kappa shape index (κ2) is 6.01. The summed E-state index contributed by atoms with van der Waals surface area (Å²) in [5, 5.41) is 2.80. The molecule has 1 saturated heterocycles. The summed E-state index contributed by atoms with van der Waals surface area (Å²) in [4.78, 5) is 12.0. The summed E-state index contributed by atoms with van der Waals surface area (Å²) in [5.74, 6) is -0.345. The summed E-state index contributed by atoms with van der Waals surface area (Å²) in [7, 11) is 1.48. The Hall–Kier alpha value is -0.630. The van der Waals surface area contributed by atoms with Gasteiger partial charge in [0.2, 0.25) is 0 Å². The SMILES string of the molecule is Cc1c(Br)cc(C(=O)NC2CCOC2)cc1S(=O)(=O)Cl. The van der Waals surface area contributed by atoms with Gasteiger partial charge in [-0.1, -0.05) is 15.9 Å². The van der Waals surface area contributed by atoms with Gasteiger partial charge in [-0.2, -0.15) is 0 Å². The van der Waals surface area contributed by atoms with Gasteiger partial charge >= 0.3 is 0 Å². The fourth-order valence-electron chi connectivity index (χ4n) is 1.96. The molecule has 1 aliphatic rings. The molecule has 1 aliphatic heterocycles. The highest BCUT2D eigenvalue weighted by Crippen LogP contribution is 2.28. The molecule has 0 radical (unpaired) electrons. The van der Waals surface area contributed by atoms with Crippen LogP contribution in [0.5, 0.6) is 0 Å². The van der Waals surface area contributed by atoms with Gasteiger partial charge in [0.25, 0.3) is 15.0 Å². The van der Waals surface area contributed by atoms with E-state index >= 15 is 0 Å². The van der Waals surface area contributed by atoms with Crippen molar-refractivity contribution in [3.05, 3.63) is 27.7 Å². The highest BCUT2D eigenvalue weighted by atomic mass is 79.9. The molecule has 1 aromatic rings. The van der Waals surface area contributed by atoms with Crippen LogP contribution in [0.2, 0.25) is 0 Å². The molecule has 0 spiro atoms. The quantitative estimate of drug-likeness (QED) is 0.814. The van der Waals surface area contributed by atoms with Crippen molar-refractivity contribution < 1.29 is 17.9 Å². The van der Waals surface area contributed by atoms with Gasteiger partial charge in [0.05, 0.1) is 17.5 Å². The van der Waals surface area contributed by atoms with Crippen LogP contribution in [0.1, 0.15) is 22.3 Å². The number of carbonyl (C=O) groups excluding carboxylic acids is 1. The van der Waals surface area contributed by atoms with Gasteiger partial charge in [0.1, 0.15) is 0 Å². The molecule has 0 aliphatic carbocycles. The van der Waals surface area contributed by atoms with E-state index in [2.05, 4.69) is 21.2 Å². The zero-order valence-electron chi connectivity index (χ0n) is 10.7. The number of hydrogen-bond donors (Lipinski definition) is 1. The van der Waals surface area contributed by atoms with Gasteiger partial charge in [0, 0.05) is 27.3 Å². The molecular weight excluding hydrogens is 370 g/mol. The third kappa shape index (κ3) is 3.52. The molecule has 2 rings (SSSR count). The molecule has 110 valence electrons. The molecule has 8 heteroatoms. The number of amides is 1. The molecule has 1 aromatic carbocycles. The molecule has 5 nitrogen and oxygen atoms in total. The lowest BCUT2D eigenvalue weighted by atomic mass is 10.1. The van der Waals surface area contributed by atoms with Gasteiger partial charge in [-0.3, -0.25) is 4.79 Å². The molecule has 0 aromatic heterocycles. The minimum absolute atomic E-state index is 0.0429. The van der Waals surface area contributed by atoms with E-state index in [1.807, 2.05) is 0 Å². The fourth-order valence-corrected chi connectivity index (χ4v) is 3.77. The van der Waals surface area contributed by atoms with Crippen molar-refractivity contribution in [3.8, 4) is 0 Å². The highest BCUT2D eigenvalue weighted by molar-refractivity contribution is 9.10. The molecule has 0 saturated carbocycles. The van der Waals surface area contributed by atoms with Crippen LogP contribution in [-0.4, -0.2) is 33.6 Å². The lowest BCUT2D eigenvalue weighted by Gasteiger charge is -2.12. The van der Waals surface area contributed by atoms with Crippen molar-refractivity contribution in [2.75, 3.05) is 13.2 Å². The van der Waals surface area contributed by atoms with Crippen molar-refractivity contribution >= 4 is 41.6 Å². The van der Waals surface area contributed by atoms with Crippen LogP contribution >= 0.6 is 26.6 Å². The van der Waals surface area contributed by atoms with E-state index in [1.54, 1.807) is 13.0 Å². The Kier molecular flexibility index (Phi) is 4.73. The molecule has 20 heavy (non-hydrogen) atoms. The summed E-state index contributed by atoms with van der Waals surface area (Å²) in [6.07, 6.45) is 0.749. The third-order valence-electron chi connectivity index (χ3n) is 3.09. The minimum atomic E-state index is -3.90. The van der Waals surface area contributed by atoms with E-state index in [9.17, 15) is 13.2 Å². The van der Waals surface area contributed by atoms with Crippen LogP contribution in [-0.2, 0) is 13.8 Å². The molecule has 1 amide bonds. The first-order valence-corrected chi connectivity index (χ1v) is 9.02. The maximum atomic E-state index is 12.1. The Labute approximate surface area is 130 Å². The van der Waals surface area contributed by atoms with Gasteiger partial charge in [-0.25, -0.2) is 8.42 Å². The lowest BCUT2D eigenvalue weighted by molar-refractivity contribution is 0.0929. The summed E-state index contributed by atoms with van der Waals surface area (Å²) < 4.78 is 28.7. The van der Waals surface area contributed by atoms with Crippen LogP contribution in [0.25, 0.3) is 0 Å². The Morgan fingerprint density at radius 2 is 2.20 bits per heavy atom. The van der Waals surface area contributed by atoms with E-state index in [-0.39, 0.29) is 22.4 Å². The van der Waals surface area contributed by atoms with Gasteiger partial charge < -0.3 is 10.1 Å². The molecule has 1 fully saturated rings. The standard InChI is InChI=1S/C12H13BrClNO4S/c1-7-10(13)4-8(5-11(7)20(14,17)18)12(16)15-9-2-3-19-6-9/h4-5,9H,2-3,6H2,1H3,(H,15,16). The van der Waals surface area contributed by atoms with Crippen molar-refractivity contribution in [1.29, 1.82) is 0 Å². The third-order valence-corrected chi connectivity index (χ3v) is 5.36. The van der Waals surface area contributed by atoms with Crippen LogP contribution in [0.15, 0.2) is 21.5 Å². The number of rotatable bonds is 3. The smallest absolute Gasteiger partial charge is 0.261 e. The first-order valence-electron chi connectivity index (χ1n) is 5.92. The normalized spacial score (nSPS) is 19.1. The van der Waals surface area contributed by atoms with Crippen LogP contribution in [0.4, 0.5) is 0 Å². The maximum Gasteiger partial charge on any atom is 0.261 e. The Bertz CT molecular complexity index is 641. The van der Waals surface area contributed by atoms with Crippen molar-refractivity contribution in [2.24, 2.45) is 0 Å². The second-order valence-electron chi connectivity index (χ2n) is 4.55. The molecule has 1 heterocycles. The number of halogens is 2. The van der Waals surface area contributed by atoms with Gasteiger partial charge in [-0.15, -0.1) is 0 Å². The average molecular weight is 383 g/mol. The predicted molar refractivity (Wildman–Crippen MR) is 78.6 cm³/mol. The lowest BCUT2D eigenvalue weighted by Crippen LogP contribution is -2.35. The van der Waals surface area contributed by atoms with E-state index in [1.165, 1.54) is 6.07 Å². The number of hydrogen-bond acceptors (Lipinski definition) is 4. The molecular formula is C12H13BrClNO4S. The zero-order valence-corrected chi connectivity index (χ0v) is 13.8. The summed E-state index contributed by atoms with van der Waals surface area (Å²) in [6, 6.07) is 2.82. The second-order valence-corrected chi connectivity index (χ2v) is 7.94. The van der Waals surface area contributed by atoms with Crippen LogP contribution in [0, 0.1) is 6.92 Å². The zero-order chi connectivity index (χ0) is 14.9. The maximum absolute atomic E-state index is 12.1. The Morgan fingerprint density at radius 3 is 2.75 bits per heavy atom. The van der Waals surface area contributed by atoms with Crippen molar-refractivity contribution in [3.63, 3.8) is 0 Å². The molecule has 0 bridgehead atoms. The van der Waals surface area contributed by atoms with Gasteiger partial charge in [-0.05, 0) is 31.0 Å². The summed E-state index contributed by atoms with van der Waals surface area (Å²) >= 11 is 3.24. The fraction of sp³-hybridized carbons (Fsp3) is 0.417. The van der Waals surface area contributed by atoms with Gasteiger partial charge in [0.15, 0.2) is 0 Å². The Morgan fingerprint density at radius 1 is 1.50 bits per heavy atom. The topological polar surface area (TPSA) is 72.5 Å². The minimum Gasteiger partial charge on any atom is -0.379 e. The monoisotopic (exact) mass is 381 g/mol. The molecule has 1 atom stereocenters. The molecule has 1 unspecified atom stereocenters. The summed E-state index contributed by atoms with van der Waals surface area (Å²) in [6.45, 7) is 2.70. The van der Waals surface area contributed by atoms with E-state index < -0.39 is 9.05 Å². The number of nitrogens with one attached hydrogen (secondary N) is 1. The first kappa shape index (κ1) is 15.8. The van der Waals surface area contributed by atoms with E-state index in [0.717, 1.165) is 6.42 Å². The van der Waals surface area contributed by atoms with Crippen molar-refractivity contribution in [2.45, 2.75) is 24.3 Å². The van der Waals surface area contributed by atoms with Crippen molar-refractivity contribution in [1.82, 2.24) is 5.32 Å². The average Bonchev–Trinajstić information content (AvgIpc) is 2.83. The predicted octanol–water partition coefficient (Wildman–Crippen LogP) is 2.20. The largest absolute Gasteiger partial charge is 0.379 e. The summed E-state index contributed by atoms with van der Waals surface area (Å²) in [5.41, 5.74) is 0.717. The van der Waals surface area contributed by atoms with Crippen LogP contribution < -0.4 is 5.32 Å². The van der Waals surface area contributed by atoms with E-state index in [0.29, 0.717) is 23.2 Å².